The van der Waals surface area contributed by atoms with Crippen molar-refractivity contribution in [1.82, 2.24) is 9.80 Å². The molecule has 0 aromatic heterocycles. The molecule has 0 spiro atoms. The van der Waals surface area contributed by atoms with Gasteiger partial charge in [-0.2, -0.15) is 0 Å². The average Bonchev–Trinajstić information content (AvgIpc) is 2.27. The molecule has 0 rings (SSSR count). The molecular formula is C14H33N3. The summed E-state index contributed by atoms with van der Waals surface area (Å²) < 4.78 is 0. The van der Waals surface area contributed by atoms with Crippen molar-refractivity contribution in [3.8, 4) is 0 Å². The zero-order valence-electron chi connectivity index (χ0n) is 12.4. The Labute approximate surface area is 108 Å². The van der Waals surface area contributed by atoms with E-state index in [4.69, 9.17) is 5.73 Å². The first-order chi connectivity index (χ1) is 8.10. The Morgan fingerprint density at radius 2 is 1.65 bits per heavy atom. The van der Waals surface area contributed by atoms with E-state index < -0.39 is 0 Å². The molecule has 3 nitrogen and oxygen atoms in total. The van der Waals surface area contributed by atoms with Crippen LogP contribution in [-0.2, 0) is 0 Å². The smallest absolute Gasteiger partial charge is 0.000667 e. The van der Waals surface area contributed by atoms with Gasteiger partial charge in [-0.05, 0) is 78.4 Å². The Hall–Kier alpha value is -0.120. The number of hydrogen-bond donors (Lipinski definition) is 1. The molecule has 0 amide bonds. The first kappa shape index (κ1) is 16.9. The SMILES string of the molecule is CCN(CCCC(C)CCN)CCCN(C)C. The molecule has 0 bridgehead atoms. The standard InChI is InChI=1S/C14H33N3/c1-5-17(13-7-11-16(3)4)12-6-8-14(2)9-10-15/h14H,5-13,15H2,1-4H3. The van der Waals surface area contributed by atoms with Crippen LogP contribution < -0.4 is 5.73 Å². The molecule has 17 heavy (non-hydrogen) atoms. The molecule has 1 unspecified atom stereocenters. The first-order valence-electron chi connectivity index (χ1n) is 7.17. The van der Waals surface area contributed by atoms with Crippen LogP contribution in [0.5, 0.6) is 0 Å². The molecular weight excluding hydrogens is 210 g/mol. The number of rotatable bonds is 11. The van der Waals surface area contributed by atoms with Crippen LogP contribution in [0, 0.1) is 5.92 Å². The van der Waals surface area contributed by atoms with Gasteiger partial charge in [0.25, 0.3) is 0 Å². The zero-order valence-corrected chi connectivity index (χ0v) is 12.4. The van der Waals surface area contributed by atoms with Crippen LogP contribution in [0.25, 0.3) is 0 Å². The van der Waals surface area contributed by atoms with E-state index in [9.17, 15) is 0 Å². The second-order valence-electron chi connectivity index (χ2n) is 5.42. The van der Waals surface area contributed by atoms with Gasteiger partial charge in [0.2, 0.25) is 0 Å². The lowest BCUT2D eigenvalue weighted by Gasteiger charge is -2.22. The summed E-state index contributed by atoms with van der Waals surface area (Å²) in [5.41, 5.74) is 5.57. The van der Waals surface area contributed by atoms with Gasteiger partial charge in [0, 0.05) is 0 Å². The van der Waals surface area contributed by atoms with Crippen molar-refractivity contribution in [2.45, 2.75) is 39.5 Å². The highest BCUT2D eigenvalue weighted by atomic mass is 15.1. The molecule has 0 fully saturated rings. The van der Waals surface area contributed by atoms with E-state index in [0.29, 0.717) is 0 Å². The molecule has 0 heterocycles. The molecule has 0 aromatic rings. The summed E-state index contributed by atoms with van der Waals surface area (Å²) in [5, 5.41) is 0. The van der Waals surface area contributed by atoms with E-state index in [1.807, 2.05) is 0 Å². The van der Waals surface area contributed by atoms with Gasteiger partial charge in [-0.25, -0.2) is 0 Å². The van der Waals surface area contributed by atoms with Gasteiger partial charge in [0.05, 0.1) is 0 Å². The first-order valence-corrected chi connectivity index (χ1v) is 7.17. The molecule has 1 atom stereocenters. The fourth-order valence-corrected chi connectivity index (χ4v) is 2.13. The van der Waals surface area contributed by atoms with Crippen LogP contribution >= 0.6 is 0 Å². The predicted octanol–water partition coefficient (Wildman–Crippen LogP) is 2.03. The molecule has 2 N–H and O–H groups in total. The fraction of sp³-hybridized carbons (Fsp3) is 1.00. The third-order valence-corrected chi connectivity index (χ3v) is 3.36. The third-order valence-electron chi connectivity index (χ3n) is 3.36. The fourth-order valence-electron chi connectivity index (χ4n) is 2.13. The van der Waals surface area contributed by atoms with Crippen LogP contribution in [0.1, 0.15) is 39.5 Å². The maximum atomic E-state index is 5.57. The summed E-state index contributed by atoms with van der Waals surface area (Å²) in [6, 6.07) is 0. The van der Waals surface area contributed by atoms with E-state index in [-0.39, 0.29) is 0 Å². The van der Waals surface area contributed by atoms with E-state index in [2.05, 4.69) is 37.7 Å². The van der Waals surface area contributed by atoms with Gasteiger partial charge >= 0.3 is 0 Å². The summed E-state index contributed by atoms with van der Waals surface area (Å²) in [6.07, 6.45) is 5.09. The highest BCUT2D eigenvalue weighted by molar-refractivity contribution is 4.60. The van der Waals surface area contributed by atoms with Crippen molar-refractivity contribution in [2.75, 3.05) is 46.8 Å². The molecule has 0 aliphatic heterocycles. The molecule has 3 heteroatoms. The van der Waals surface area contributed by atoms with Crippen LogP contribution in [0.3, 0.4) is 0 Å². The Balaban J connectivity index is 3.53. The summed E-state index contributed by atoms with van der Waals surface area (Å²) in [4.78, 5) is 4.83. The molecule has 0 radical (unpaired) electrons. The van der Waals surface area contributed by atoms with Crippen molar-refractivity contribution in [3.63, 3.8) is 0 Å². The van der Waals surface area contributed by atoms with Crippen LogP contribution in [0.2, 0.25) is 0 Å². The van der Waals surface area contributed by atoms with Crippen LogP contribution in [-0.4, -0.2) is 56.6 Å². The number of hydrogen-bond acceptors (Lipinski definition) is 3. The van der Waals surface area contributed by atoms with Crippen molar-refractivity contribution < 1.29 is 0 Å². The van der Waals surface area contributed by atoms with E-state index in [1.54, 1.807) is 0 Å². The molecule has 0 aliphatic carbocycles. The van der Waals surface area contributed by atoms with Crippen LogP contribution in [0.15, 0.2) is 0 Å². The normalized spacial score (nSPS) is 13.6. The van der Waals surface area contributed by atoms with Gasteiger partial charge in [0.1, 0.15) is 0 Å². The molecule has 0 saturated carbocycles. The maximum Gasteiger partial charge on any atom is -0.000667 e. The second-order valence-corrected chi connectivity index (χ2v) is 5.42. The summed E-state index contributed by atoms with van der Waals surface area (Å²) in [6.45, 7) is 10.3. The second kappa shape index (κ2) is 11.0. The lowest BCUT2D eigenvalue weighted by molar-refractivity contribution is 0.255. The quantitative estimate of drug-likeness (QED) is 0.603. The van der Waals surface area contributed by atoms with E-state index in [1.165, 1.54) is 51.9 Å². The van der Waals surface area contributed by atoms with Gasteiger partial charge in [0.15, 0.2) is 0 Å². The number of nitrogens with zero attached hydrogens (tertiary/aromatic N) is 2. The molecule has 104 valence electrons. The minimum atomic E-state index is 0.792. The maximum absolute atomic E-state index is 5.57. The van der Waals surface area contributed by atoms with Crippen LogP contribution in [0.4, 0.5) is 0 Å². The summed E-state index contributed by atoms with van der Waals surface area (Å²) in [5.74, 6) is 0.792. The Morgan fingerprint density at radius 1 is 1.00 bits per heavy atom. The van der Waals surface area contributed by atoms with Crippen molar-refractivity contribution in [1.29, 1.82) is 0 Å². The van der Waals surface area contributed by atoms with Gasteiger partial charge in [-0.1, -0.05) is 13.8 Å². The predicted molar refractivity (Wildman–Crippen MR) is 77.4 cm³/mol. The Morgan fingerprint density at radius 3 is 2.18 bits per heavy atom. The van der Waals surface area contributed by atoms with Crippen molar-refractivity contribution in [3.05, 3.63) is 0 Å². The van der Waals surface area contributed by atoms with Crippen molar-refractivity contribution >= 4 is 0 Å². The highest BCUT2D eigenvalue weighted by Gasteiger charge is 2.05. The molecule has 0 aliphatic rings. The summed E-state index contributed by atoms with van der Waals surface area (Å²) >= 11 is 0. The molecule has 0 saturated heterocycles. The largest absolute Gasteiger partial charge is 0.330 e. The lowest BCUT2D eigenvalue weighted by atomic mass is 10.0. The Kier molecular flexibility index (Phi) is 10.9. The third kappa shape index (κ3) is 10.7. The minimum Gasteiger partial charge on any atom is -0.330 e. The van der Waals surface area contributed by atoms with Gasteiger partial charge in [-0.3, -0.25) is 0 Å². The zero-order chi connectivity index (χ0) is 13.1. The highest BCUT2D eigenvalue weighted by Crippen LogP contribution is 2.09. The van der Waals surface area contributed by atoms with Crippen molar-refractivity contribution in [2.24, 2.45) is 11.7 Å². The summed E-state index contributed by atoms with van der Waals surface area (Å²) in [7, 11) is 4.29. The van der Waals surface area contributed by atoms with E-state index >= 15 is 0 Å². The minimum absolute atomic E-state index is 0.792. The topological polar surface area (TPSA) is 32.5 Å². The Bertz CT molecular complexity index is 160. The van der Waals surface area contributed by atoms with E-state index in [0.717, 1.165) is 12.5 Å². The monoisotopic (exact) mass is 243 g/mol. The van der Waals surface area contributed by atoms with Gasteiger partial charge in [-0.15, -0.1) is 0 Å². The average molecular weight is 243 g/mol. The lowest BCUT2D eigenvalue weighted by Crippen LogP contribution is -2.28. The van der Waals surface area contributed by atoms with Gasteiger partial charge < -0.3 is 15.5 Å². The number of nitrogens with two attached hydrogens (primary N) is 1. The molecule has 0 aromatic carbocycles.